The molecule has 1 aromatic rings. The van der Waals surface area contributed by atoms with Gasteiger partial charge in [-0.25, -0.2) is 0 Å². The fourth-order valence-corrected chi connectivity index (χ4v) is 2.42. The first-order chi connectivity index (χ1) is 6.75. The molecule has 2 bridgehead atoms. The number of morpholine rings is 1. The Morgan fingerprint density at radius 1 is 1.50 bits per heavy atom. The van der Waals surface area contributed by atoms with E-state index in [4.69, 9.17) is 4.74 Å². The molecule has 5 nitrogen and oxygen atoms in total. The van der Waals surface area contributed by atoms with Crippen molar-refractivity contribution in [3.05, 3.63) is 21.6 Å². The summed E-state index contributed by atoms with van der Waals surface area (Å²) in [5.41, 5.74) is 2.01. The number of aryl methyl sites for hydroxylation is 1. The van der Waals surface area contributed by atoms with Gasteiger partial charge in [-0.15, -0.1) is 0 Å². The summed E-state index contributed by atoms with van der Waals surface area (Å²) in [7, 11) is 1.89. The molecule has 0 saturated carbocycles. The second-order valence-corrected chi connectivity index (χ2v) is 4.02. The maximum Gasteiger partial charge on any atom is 0.269 e. The van der Waals surface area contributed by atoms with Crippen LogP contribution >= 0.6 is 0 Å². The van der Waals surface area contributed by atoms with Crippen LogP contribution in [0.2, 0.25) is 0 Å². The van der Waals surface area contributed by atoms with E-state index in [-0.39, 0.29) is 11.6 Å². The Morgan fingerprint density at radius 3 is 3.21 bits per heavy atom. The Bertz CT molecular complexity index is 420. The van der Waals surface area contributed by atoms with E-state index in [1.54, 1.807) is 0 Å². The zero-order chi connectivity index (χ0) is 9.71. The van der Waals surface area contributed by atoms with Gasteiger partial charge in [0.15, 0.2) is 0 Å². The third-order valence-corrected chi connectivity index (χ3v) is 3.06. The topological polar surface area (TPSA) is 59.0 Å². The molecule has 2 aliphatic heterocycles. The number of hydrogen-bond acceptors (Lipinski definition) is 3. The SMILES string of the molecule is Cn1[nH]c(=O)c2c1CC1COCC2N1. The van der Waals surface area contributed by atoms with Crippen molar-refractivity contribution < 1.29 is 4.74 Å². The molecule has 5 heteroatoms. The number of fused-ring (bicyclic) bond motifs is 4. The summed E-state index contributed by atoms with van der Waals surface area (Å²) in [6, 6.07) is 0.449. The molecule has 1 aromatic heterocycles. The molecule has 2 N–H and O–H groups in total. The highest BCUT2D eigenvalue weighted by Crippen LogP contribution is 2.25. The summed E-state index contributed by atoms with van der Waals surface area (Å²) in [6.07, 6.45) is 0.876. The Morgan fingerprint density at radius 2 is 2.36 bits per heavy atom. The molecule has 0 aromatic carbocycles. The fourth-order valence-electron chi connectivity index (χ4n) is 2.42. The molecule has 3 rings (SSSR count). The summed E-state index contributed by atoms with van der Waals surface area (Å²) in [5, 5.41) is 6.20. The monoisotopic (exact) mass is 195 g/mol. The van der Waals surface area contributed by atoms with Crippen LogP contribution in [0.5, 0.6) is 0 Å². The fraction of sp³-hybridized carbons (Fsp3) is 0.667. The zero-order valence-corrected chi connectivity index (χ0v) is 8.04. The number of nitrogens with one attached hydrogen (secondary N) is 2. The third-order valence-electron chi connectivity index (χ3n) is 3.06. The molecule has 76 valence electrons. The van der Waals surface area contributed by atoms with Crippen molar-refractivity contribution in [2.75, 3.05) is 13.2 Å². The van der Waals surface area contributed by atoms with Gasteiger partial charge < -0.3 is 10.1 Å². The standard InChI is InChI=1S/C9H13N3O2/c1-12-7-2-5-3-14-4-6(10-5)8(7)9(13)11-12/h5-6,10H,2-4H2,1H3,(H,11,13). The van der Waals surface area contributed by atoms with Crippen LogP contribution in [0.4, 0.5) is 0 Å². The van der Waals surface area contributed by atoms with Gasteiger partial charge in [0.1, 0.15) is 0 Å². The molecule has 1 fully saturated rings. The molecular weight excluding hydrogens is 182 g/mol. The van der Waals surface area contributed by atoms with Gasteiger partial charge >= 0.3 is 0 Å². The van der Waals surface area contributed by atoms with Gasteiger partial charge in [0.2, 0.25) is 0 Å². The van der Waals surface area contributed by atoms with Crippen molar-refractivity contribution in [2.45, 2.75) is 18.5 Å². The van der Waals surface area contributed by atoms with Crippen LogP contribution in [0.25, 0.3) is 0 Å². The maximum absolute atomic E-state index is 11.6. The van der Waals surface area contributed by atoms with Gasteiger partial charge in [0.05, 0.1) is 24.8 Å². The highest BCUT2D eigenvalue weighted by atomic mass is 16.5. The highest BCUT2D eigenvalue weighted by molar-refractivity contribution is 5.27. The van der Waals surface area contributed by atoms with Crippen molar-refractivity contribution in [1.29, 1.82) is 0 Å². The maximum atomic E-state index is 11.6. The average molecular weight is 195 g/mol. The van der Waals surface area contributed by atoms with E-state index >= 15 is 0 Å². The minimum Gasteiger partial charge on any atom is -0.378 e. The first-order valence-electron chi connectivity index (χ1n) is 4.87. The number of aromatic amines is 1. The van der Waals surface area contributed by atoms with Crippen LogP contribution in [0.15, 0.2) is 4.79 Å². The number of H-pyrrole nitrogens is 1. The van der Waals surface area contributed by atoms with Crippen LogP contribution in [-0.4, -0.2) is 29.0 Å². The highest BCUT2D eigenvalue weighted by Gasteiger charge is 2.34. The molecule has 2 atom stereocenters. The summed E-state index contributed by atoms with van der Waals surface area (Å²) >= 11 is 0. The Balaban J connectivity index is 2.17. The lowest BCUT2D eigenvalue weighted by atomic mass is 9.95. The number of aromatic nitrogens is 2. The largest absolute Gasteiger partial charge is 0.378 e. The Hall–Kier alpha value is -1.07. The molecule has 2 aliphatic rings. The van der Waals surface area contributed by atoms with Gasteiger partial charge in [0.25, 0.3) is 5.56 Å². The van der Waals surface area contributed by atoms with Crippen molar-refractivity contribution in [1.82, 2.24) is 15.1 Å². The molecular formula is C9H13N3O2. The predicted octanol–water partition coefficient (Wildman–Crippen LogP) is -0.701. The van der Waals surface area contributed by atoms with Crippen LogP contribution < -0.4 is 10.9 Å². The molecule has 0 spiro atoms. The Kier molecular flexibility index (Phi) is 1.60. The first kappa shape index (κ1) is 8.26. The molecule has 0 radical (unpaired) electrons. The lowest BCUT2D eigenvalue weighted by Gasteiger charge is -2.35. The molecule has 1 saturated heterocycles. The van der Waals surface area contributed by atoms with Crippen molar-refractivity contribution in [2.24, 2.45) is 7.05 Å². The van der Waals surface area contributed by atoms with Gasteiger partial charge in [-0.3, -0.25) is 14.6 Å². The van der Waals surface area contributed by atoms with Crippen LogP contribution in [0.1, 0.15) is 17.3 Å². The minimum atomic E-state index is 0.0175. The average Bonchev–Trinajstić information content (AvgIpc) is 2.42. The number of ether oxygens (including phenoxy) is 1. The molecule has 3 heterocycles. The van der Waals surface area contributed by atoms with Gasteiger partial charge in [-0.1, -0.05) is 0 Å². The second-order valence-electron chi connectivity index (χ2n) is 4.02. The van der Waals surface area contributed by atoms with E-state index in [1.807, 2.05) is 11.7 Å². The second kappa shape index (κ2) is 2.71. The van der Waals surface area contributed by atoms with Gasteiger partial charge in [0, 0.05) is 25.2 Å². The van der Waals surface area contributed by atoms with Crippen molar-refractivity contribution in [3.8, 4) is 0 Å². The quantitative estimate of drug-likeness (QED) is 0.575. The van der Waals surface area contributed by atoms with Crippen molar-refractivity contribution >= 4 is 0 Å². The van der Waals surface area contributed by atoms with E-state index in [1.165, 1.54) is 0 Å². The van der Waals surface area contributed by atoms with E-state index in [0.29, 0.717) is 12.6 Å². The third kappa shape index (κ3) is 0.994. The summed E-state index contributed by atoms with van der Waals surface area (Å²) in [5.74, 6) is 0. The van der Waals surface area contributed by atoms with Crippen LogP contribution in [0.3, 0.4) is 0 Å². The molecule has 0 amide bonds. The van der Waals surface area contributed by atoms with E-state index in [2.05, 4.69) is 10.4 Å². The lowest BCUT2D eigenvalue weighted by molar-refractivity contribution is 0.0377. The Labute approximate surface area is 81.0 Å². The number of hydrogen-bond donors (Lipinski definition) is 2. The normalized spacial score (nSPS) is 30.1. The van der Waals surface area contributed by atoms with Gasteiger partial charge in [-0.2, -0.15) is 0 Å². The van der Waals surface area contributed by atoms with E-state index in [0.717, 1.165) is 24.3 Å². The number of nitrogens with zero attached hydrogens (tertiary/aromatic N) is 1. The number of rotatable bonds is 0. The summed E-state index contributed by atoms with van der Waals surface area (Å²) in [6.45, 7) is 1.35. The lowest BCUT2D eigenvalue weighted by Crippen LogP contribution is -2.49. The van der Waals surface area contributed by atoms with E-state index < -0.39 is 0 Å². The summed E-state index contributed by atoms with van der Waals surface area (Å²) in [4.78, 5) is 11.6. The first-order valence-corrected chi connectivity index (χ1v) is 4.87. The minimum absolute atomic E-state index is 0.0175. The molecule has 2 unspecified atom stereocenters. The molecule has 0 aliphatic carbocycles. The van der Waals surface area contributed by atoms with Crippen LogP contribution in [-0.2, 0) is 18.2 Å². The summed E-state index contributed by atoms with van der Waals surface area (Å²) < 4.78 is 7.27. The zero-order valence-electron chi connectivity index (χ0n) is 8.04. The predicted molar refractivity (Wildman–Crippen MR) is 50.2 cm³/mol. The van der Waals surface area contributed by atoms with Crippen LogP contribution in [0, 0.1) is 0 Å². The van der Waals surface area contributed by atoms with Crippen molar-refractivity contribution in [3.63, 3.8) is 0 Å². The smallest absolute Gasteiger partial charge is 0.269 e. The van der Waals surface area contributed by atoms with E-state index in [9.17, 15) is 4.79 Å². The molecule has 14 heavy (non-hydrogen) atoms. The van der Waals surface area contributed by atoms with Gasteiger partial charge in [-0.05, 0) is 0 Å².